The molecule has 1 aliphatic heterocycles. The second-order valence-electron chi connectivity index (χ2n) is 4.11. The molecule has 0 spiro atoms. The van der Waals surface area contributed by atoms with Crippen LogP contribution in [-0.2, 0) is 4.79 Å². The lowest BCUT2D eigenvalue weighted by Gasteiger charge is -2.32. The van der Waals surface area contributed by atoms with E-state index < -0.39 is 0 Å². The monoisotopic (exact) mass is 255 g/mol. The van der Waals surface area contributed by atoms with Crippen LogP contribution in [0, 0.1) is 5.92 Å². The van der Waals surface area contributed by atoms with E-state index in [0.29, 0.717) is 18.1 Å². The summed E-state index contributed by atoms with van der Waals surface area (Å²) in [6.07, 6.45) is 3.16. The van der Waals surface area contributed by atoms with E-state index in [0.717, 1.165) is 19.4 Å². The van der Waals surface area contributed by atoms with Crippen molar-refractivity contribution in [2.75, 3.05) is 23.7 Å². The van der Waals surface area contributed by atoms with Gasteiger partial charge in [0.1, 0.15) is 0 Å². The first-order valence-electron chi connectivity index (χ1n) is 5.40. The van der Waals surface area contributed by atoms with Crippen LogP contribution in [0.25, 0.3) is 0 Å². The predicted octanol–water partition coefficient (Wildman–Crippen LogP) is 0.414. The van der Waals surface area contributed by atoms with E-state index in [1.807, 2.05) is 4.90 Å². The van der Waals surface area contributed by atoms with Crippen LogP contribution in [0.15, 0.2) is 6.20 Å². The third kappa shape index (κ3) is 2.58. The maximum atomic E-state index is 11.2. The van der Waals surface area contributed by atoms with Crippen molar-refractivity contribution in [3.05, 3.63) is 11.5 Å². The van der Waals surface area contributed by atoms with Crippen LogP contribution in [0.4, 0.5) is 11.5 Å². The number of anilines is 2. The number of nitrogens with zero attached hydrogens (tertiary/aromatic N) is 3. The van der Waals surface area contributed by atoms with Crippen LogP contribution < -0.4 is 16.4 Å². The zero-order valence-corrected chi connectivity index (χ0v) is 10.0. The van der Waals surface area contributed by atoms with E-state index in [4.69, 9.17) is 23.1 Å². The number of carbonyl (C=O) groups is 1. The zero-order chi connectivity index (χ0) is 12.4. The molecule has 1 fully saturated rings. The average molecular weight is 256 g/mol. The molecule has 2 rings (SSSR count). The van der Waals surface area contributed by atoms with Crippen LogP contribution in [-0.4, -0.2) is 29.0 Å². The summed E-state index contributed by atoms with van der Waals surface area (Å²) in [6.45, 7) is 1.33. The summed E-state index contributed by atoms with van der Waals surface area (Å²) in [6, 6.07) is 0. The summed E-state index contributed by atoms with van der Waals surface area (Å²) in [5.74, 6) is 0.140. The minimum atomic E-state index is -0.284. The Hall–Kier alpha value is -1.56. The molecule has 2 heterocycles. The molecule has 0 aliphatic carbocycles. The standard InChI is InChI=1S/C10H14ClN5O/c11-10-14-4-7(12)9(15-10)16-3-1-2-6(5-16)8(13)17/h4,6H,1-3,5,12H2,(H2,13,17). The van der Waals surface area contributed by atoms with Crippen molar-refractivity contribution in [1.82, 2.24) is 9.97 Å². The first-order valence-corrected chi connectivity index (χ1v) is 5.78. The van der Waals surface area contributed by atoms with Gasteiger partial charge in [0.15, 0.2) is 5.82 Å². The number of rotatable bonds is 2. The number of nitrogens with two attached hydrogens (primary N) is 2. The Labute approximate surface area is 104 Å². The Morgan fingerprint density at radius 2 is 2.35 bits per heavy atom. The van der Waals surface area contributed by atoms with Crippen molar-refractivity contribution in [3.63, 3.8) is 0 Å². The molecule has 1 aromatic heterocycles. The molecule has 6 nitrogen and oxygen atoms in total. The summed E-state index contributed by atoms with van der Waals surface area (Å²) < 4.78 is 0. The first kappa shape index (κ1) is 11.9. The van der Waals surface area contributed by atoms with Gasteiger partial charge in [0.05, 0.1) is 17.8 Å². The van der Waals surface area contributed by atoms with Gasteiger partial charge in [0, 0.05) is 13.1 Å². The van der Waals surface area contributed by atoms with Gasteiger partial charge >= 0.3 is 0 Å². The molecule has 0 saturated carbocycles. The largest absolute Gasteiger partial charge is 0.394 e. The molecular formula is C10H14ClN5O. The van der Waals surface area contributed by atoms with E-state index in [9.17, 15) is 4.79 Å². The number of nitrogen functional groups attached to an aromatic ring is 1. The first-order chi connectivity index (χ1) is 8.08. The fourth-order valence-electron chi connectivity index (χ4n) is 2.02. The van der Waals surface area contributed by atoms with E-state index in [1.165, 1.54) is 6.20 Å². The lowest BCUT2D eigenvalue weighted by atomic mass is 9.97. The number of halogens is 1. The Morgan fingerprint density at radius 3 is 3.06 bits per heavy atom. The highest BCUT2D eigenvalue weighted by atomic mass is 35.5. The molecule has 4 N–H and O–H groups in total. The molecule has 92 valence electrons. The lowest BCUT2D eigenvalue weighted by Crippen LogP contribution is -2.41. The molecule has 1 atom stereocenters. The van der Waals surface area contributed by atoms with E-state index in [-0.39, 0.29) is 17.1 Å². The van der Waals surface area contributed by atoms with Crippen molar-refractivity contribution < 1.29 is 4.79 Å². The van der Waals surface area contributed by atoms with Crippen molar-refractivity contribution >= 4 is 29.0 Å². The highest BCUT2D eigenvalue weighted by Gasteiger charge is 2.26. The summed E-state index contributed by atoms with van der Waals surface area (Å²) >= 11 is 5.74. The highest BCUT2D eigenvalue weighted by molar-refractivity contribution is 6.28. The second-order valence-corrected chi connectivity index (χ2v) is 4.44. The maximum Gasteiger partial charge on any atom is 0.224 e. The number of piperidine rings is 1. The predicted molar refractivity (Wildman–Crippen MR) is 65.6 cm³/mol. The molecule has 1 unspecified atom stereocenters. The number of hydrogen-bond donors (Lipinski definition) is 2. The molecule has 1 amide bonds. The van der Waals surface area contributed by atoms with Gasteiger partial charge in [-0.3, -0.25) is 4.79 Å². The van der Waals surface area contributed by atoms with Gasteiger partial charge in [-0.15, -0.1) is 0 Å². The number of hydrogen-bond acceptors (Lipinski definition) is 5. The van der Waals surface area contributed by atoms with Crippen molar-refractivity contribution in [2.45, 2.75) is 12.8 Å². The van der Waals surface area contributed by atoms with Gasteiger partial charge in [0.25, 0.3) is 0 Å². The molecule has 17 heavy (non-hydrogen) atoms. The van der Waals surface area contributed by atoms with Gasteiger partial charge in [-0.2, -0.15) is 4.98 Å². The van der Waals surface area contributed by atoms with Crippen LogP contribution in [0.2, 0.25) is 5.28 Å². The topological polar surface area (TPSA) is 98.1 Å². The number of amides is 1. The van der Waals surface area contributed by atoms with Gasteiger partial charge in [-0.25, -0.2) is 4.98 Å². The average Bonchev–Trinajstić information content (AvgIpc) is 2.32. The normalized spacial score (nSPS) is 20.3. The van der Waals surface area contributed by atoms with Crippen LogP contribution >= 0.6 is 11.6 Å². The van der Waals surface area contributed by atoms with Crippen molar-refractivity contribution in [1.29, 1.82) is 0 Å². The second kappa shape index (κ2) is 4.75. The Bertz CT molecular complexity index is 439. The molecule has 0 aromatic carbocycles. The summed E-state index contributed by atoms with van der Waals surface area (Å²) in [5.41, 5.74) is 11.6. The van der Waals surface area contributed by atoms with Crippen LogP contribution in [0.3, 0.4) is 0 Å². The highest BCUT2D eigenvalue weighted by Crippen LogP contribution is 2.26. The molecule has 0 radical (unpaired) electrons. The minimum Gasteiger partial charge on any atom is -0.394 e. The molecule has 7 heteroatoms. The Morgan fingerprint density at radius 1 is 1.59 bits per heavy atom. The Kier molecular flexibility index (Phi) is 3.33. The minimum absolute atomic E-state index is 0.149. The van der Waals surface area contributed by atoms with Crippen LogP contribution in [0.1, 0.15) is 12.8 Å². The molecular weight excluding hydrogens is 242 g/mol. The van der Waals surface area contributed by atoms with E-state index >= 15 is 0 Å². The SMILES string of the molecule is NC(=O)C1CCCN(c2nc(Cl)ncc2N)C1. The molecule has 1 aromatic rings. The van der Waals surface area contributed by atoms with Crippen LogP contribution in [0.5, 0.6) is 0 Å². The molecule has 1 saturated heterocycles. The van der Waals surface area contributed by atoms with E-state index in [1.54, 1.807) is 0 Å². The molecule has 0 bridgehead atoms. The van der Waals surface area contributed by atoms with Gasteiger partial charge in [-0.1, -0.05) is 0 Å². The zero-order valence-electron chi connectivity index (χ0n) is 9.27. The maximum absolute atomic E-state index is 11.2. The van der Waals surface area contributed by atoms with Crippen molar-refractivity contribution in [2.24, 2.45) is 11.7 Å². The van der Waals surface area contributed by atoms with Crippen molar-refractivity contribution in [3.8, 4) is 0 Å². The fourth-order valence-corrected chi connectivity index (χ4v) is 2.15. The molecule has 1 aliphatic rings. The summed E-state index contributed by atoms with van der Waals surface area (Å²) in [4.78, 5) is 21.0. The number of aromatic nitrogens is 2. The van der Waals surface area contributed by atoms with E-state index in [2.05, 4.69) is 9.97 Å². The summed E-state index contributed by atoms with van der Waals surface area (Å²) in [7, 11) is 0. The number of carbonyl (C=O) groups excluding carboxylic acids is 1. The lowest BCUT2D eigenvalue weighted by molar-refractivity contribution is -0.122. The van der Waals surface area contributed by atoms with Gasteiger partial charge in [0.2, 0.25) is 11.2 Å². The quantitative estimate of drug-likeness (QED) is 0.746. The van der Waals surface area contributed by atoms with Gasteiger partial charge < -0.3 is 16.4 Å². The third-order valence-electron chi connectivity index (χ3n) is 2.89. The third-order valence-corrected chi connectivity index (χ3v) is 3.07. The number of primary amides is 1. The fraction of sp³-hybridized carbons (Fsp3) is 0.500. The summed E-state index contributed by atoms with van der Waals surface area (Å²) in [5, 5.41) is 0.149. The van der Waals surface area contributed by atoms with Gasteiger partial charge in [-0.05, 0) is 24.4 Å². The Balaban J connectivity index is 2.21. The smallest absolute Gasteiger partial charge is 0.224 e.